The molecule has 5 rings (SSSR count). The van der Waals surface area contributed by atoms with Crippen LogP contribution in [0, 0.1) is 6.92 Å². The number of nitrogens with zero attached hydrogens (tertiary/aromatic N) is 3. The van der Waals surface area contributed by atoms with Gasteiger partial charge in [0.25, 0.3) is 5.91 Å². The summed E-state index contributed by atoms with van der Waals surface area (Å²) in [5.41, 5.74) is 4.28. The van der Waals surface area contributed by atoms with Gasteiger partial charge in [0.1, 0.15) is 9.93 Å². The second kappa shape index (κ2) is 8.88. The van der Waals surface area contributed by atoms with E-state index in [0.717, 1.165) is 38.6 Å². The van der Waals surface area contributed by atoms with Crippen LogP contribution in [-0.4, -0.2) is 22.5 Å². The zero-order valence-electron chi connectivity index (χ0n) is 18.0. The fourth-order valence-corrected chi connectivity index (χ4v) is 6.16. The lowest BCUT2D eigenvalue weighted by atomic mass is 10.2. The van der Waals surface area contributed by atoms with Crippen LogP contribution >= 0.6 is 23.5 Å². The van der Waals surface area contributed by atoms with Gasteiger partial charge in [-0.1, -0.05) is 71.9 Å². The lowest BCUT2D eigenvalue weighted by molar-refractivity contribution is -0.122. The molecule has 2 aliphatic rings. The molecule has 0 atom stereocenters. The molecule has 2 heterocycles. The molecule has 0 spiro atoms. The topological polar surface area (TPSA) is 35.9 Å². The van der Waals surface area contributed by atoms with Crippen molar-refractivity contribution in [2.45, 2.75) is 25.3 Å². The Bertz CT molecular complexity index is 1220. The summed E-state index contributed by atoms with van der Waals surface area (Å²) < 4.78 is 0. The van der Waals surface area contributed by atoms with Crippen molar-refractivity contribution in [2.24, 2.45) is 4.99 Å². The maximum Gasteiger partial charge on any atom is 0.269 e. The molecule has 3 aromatic carbocycles. The number of carbonyl (C=O) groups excluding carboxylic acids is 1. The molecule has 4 nitrogen and oxygen atoms in total. The van der Waals surface area contributed by atoms with Crippen molar-refractivity contribution in [3.63, 3.8) is 0 Å². The summed E-state index contributed by atoms with van der Waals surface area (Å²) in [4.78, 5) is 24.5. The van der Waals surface area contributed by atoms with Crippen LogP contribution in [0.2, 0.25) is 0 Å². The van der Waals surface area contributed by atoms with E-state index in [1.54, 1.807) is 16.7 Å². The number of amides is 1. The van der Waals surface area contributed by atoms with Gasteiger partial charge in [-0.25, -0.2) is 4.99 Å². The molecule has 0 radical (unpaired) electrons. The fraction of sp³-hybridized carbons (Fsp3) is 0.154. The second-order valence-corrected chi connectivity index (χ2v) is 9.67. The summed E-state index contributed by atoms with van der Waals surface area (Å²) in [5, 5.41) is 1.72. The first-order valence-electron chi connectivity index (χ1n) is 10.6. The number of fused-ring (bicyclic) bond motifs is 1. The minimum Gasteiger partial charge on any atom is -0.334 e. The molecule has 6 heteroatoms. The number of aliphatic imine (C=N–C) groups is 1. The van der Waals surface area contributed by atoms with Gasteiger partial charge < -0.3 is 4.90 Å². The third kappa shape index (κ3) is 3.96. The molecule has 1 fully saturated rings. The van der Waals surface area contributed by atoms with E-state index >= 15 is 0 Å². The van der Waals surface area contributed by atoms with Gasteiger partial charge in [-0.05, 0) is 55.4 Å². The number of anilines is 1. The smallest absolute Gasteiger partial charge is 0.269 e. The first kappa shape index (κ1) is 20.9. The molecule has 1 amide bonds. The molecule has 0 aliphatic carbocycles. The summed E-state index contributed by atoms with van der Waals surface area (Å²) in [5.74, 6) is 0.0125. The van der Waals surface area contributed by atoms with Crippen LogP contribution in [0.3, 0.4) is 0 Å². The van der Waals surface area contributed by atoms with Crippen molar-refractivity contribution in [1.82, 2.24) is 4.90 Å². The summed E-state index contributed by atoms with van der Waals surface area (Å²) in [6, 6.07) is 26.5. The molecule has 32 heavy (non-hydrogen) atoms. The highest BCUT2D eigenvalue weighted by Crippen LogP contribution is 2.50. The van der Waals surface area contributed by atoms with Crippen LogP contribution in [0.1, 0.15) is 18.1 Å². The highest BCUT2D eigenvalue weighted by Gasteiger charge is 2.39. The van der Waals surface area contributed by atoms with Gasteiger partial charge in [0, 0.05) is 11.4 Å². The van der Waals surface area contributed by atoms with Crippen LogP contribution in [0.5, 0.6) is 0 Å². The Morgan fingerprint density at radius 3 is 2.31 bits per heavy atom. The van der Waals surface area contributed by atoms with Gasteiger partial charge in [-0.15, -0.1) is 0 Å². The van der Waals surface area contributed by atoms with Gasteiger partial charge in [0.2, 0.25) is 0 Å². The Balaban J connectivity index is 1.56. The Morgan fingerprint density at radius 1 is 0.844 bits per heavy atom. The monoisotopic (exact) mass is 457 g/mol. The number of para-hydroxylation sites is 1. The average Bonchev–Trinajstić information content (AvgIpc) is 3.33. The molecule has 0 unspecified atom stereocenters. The zero-order valence-corrected chi connectivity index (χ0v) is 19.6. The summed E-state index contributed by atoms with van der Waals surface area (Å²) in [7, 11) is 0. The number of thioether (sulfide) groups is 2. The first-order valence-corrected chi connectivity index (χ1v) is 12.2. The standard InChI is InChI=1S/C26H23N3OS2/c1-3-28-21-11-7-8-12-22(21)31-25(28)23-24(30)29(17-19-9-5-4-6-10-19)26(32-23)27-20-15-13-18(2)14-16-20/h4-16H,3,17H2,1-2H3/b25-23-,27-26?. The molecule has 0 bridgehead atoms. The number of hydrogen-bond acceptors (Lipinski definition) is 5. The normalized spacial score (nSPS) is 19.2. The first-order chi connectivity index (χ1) is 15.6. The second-order valence-electron chi connectivity index (χ2n) is 7.66. The van der Waals surface area contributed by atoms with Gasteiger partial charge in [-0.2, -0.15) is 0 Å². The summed E-state index contributed by atoms with van der Waals surface area (Å²) in [6.45, 7) is 5.48. The van der Waals surface area contributed by atoms with E-state index in [1.165, 1.54) is 22.2 Å². The molecular weight excluding hydrogens is 434 g/mol. The molecule has 0 saturated carbocycles. The molecule has 0 aromatic heterocycles. The van der Waals surface area contributed by atoms with E-state index in [0.29, 0.717) is 6.54 Å². The largest absolute Gasteiger partial charge is 0.334 e. The molecule has 160 valence electrons. The fourth-order valence-electron chi connectivity index (χ4n) is 3.77. The maximum absolute atomic E-state index is 13.7. The van der Waals surface area contributed by atoms with Gasteiger partial charge >= 0.3 is 0 Å². The molecule has 1 saturated heterocycles. The van der Waals surface area contributed by atoms with Crippen molar-refractivity contribution in [1.29, 1.82) is 0 Å². The number of rotatable bonds is 4. The van der Waals surface area contributed by atoms with Crippen LogP contribution < -0.4 is 4.90 Å². The van der Waals surface area contributed by atoms with Crippen molar-refractivity contribution in [2.75, 3.05) is 11.4 Å². The molecule has 0 N–H and O–H groups in total. The van der Waals surface area contributed by atoms with E-state index in [-0.39, 0.29) is 5.91 Å². The minimum atomic E-state index is 0.0125. The van der Waals surface area contributed by atoms with Crippen molar-refractivity contribution < 1.29 is 4.79 Å². The summed E-state index contributed by atoms with van der Waals surface area (Å²) in [6.07, 6.45) is 0. The van der Waals surface area contributed by atoms with Gasteiger partial charge in [-0.3, -0.25) is 9.69 Å². The van der Waals surface area contributed by atoms with Crippen LogP contribution in [0.25, 0.3) is 0 Å². The predicted molar refractivity (Wildman–Crippen MR) is 135 cm³/mol. The number of hydrogen-bond donors (Lipinski definition) is 0. The van der Waals surface area contributed by atoms with Crippen LogP contribution in [0.4, 0.5) is 11.4 Å². The van der Waals surface area contributed by atoms with Crippen LogP contribution in [-0.2, 0) is 11.3 Å². The van der Waals surface area contributed by atoms with E-state index in [4.69, 9.17) is 4.99 Å². The van der Waals surface area contributed by atoms with E-state index in [2.05, 4.69) is 30.9 Å². The quantitative estimate of drug-likeness (QED) is 0.416. The Morgan fingerprint density at radius 2 is 1.56 bits per heavy atom. The lowest BCUT2D eigenvalue weighted by Crippen LogP contribution is -2.29. The van der Waals surface area contributed by atoms with E-state index in [9.17, 15) is 4.79 Å². The predicted octanol–water partition coefficient (Wildman–Crippen LogP) is 6.56. The Hall–Kier alpha value is -2.96. The molecule has 2 aliphatic heterocycles. The van der Waals surface area contributed by atoms with E-state index < -0.39 is 0 Å². The van der Waals surface area contributed by atoms with Gasteiger partial charge in [0.05, 0.1) is 17.9 Å². The highest BCUT2D eigenvalue weighted by molar-refractivity contribution is 8.19. The maximum atomic E-state index is 13.7. The van der Waals surface area contributed by atoms with Crippen molar-refractivity contribution in [3.05, 3.63) is 99.9 Å². The van der Waals surface area contributed by atoms with Gasteiger partial charge in [0.15, 0.2) is 5.17 Å². The zero-order chi connectivity index (χ0) is 22.1. The summed E-state index contributed by atoms with van der Waals surface area (Å²) >= 11 is 3.15. The molecule has 3 aromatic rings. The lowest BCUT2D eigenvalue weighted by Gasteiger charge is -2.19. The third-order valence-corrected chi connectivity index (χ3v) is 7.80. The number of benzene rings is 3. The van der Waals surface area contributed by atoms with E-state index in [1.807, 2.05) is 66.7 Å². The number of amidine groups is 1. The molecular formula is C26H23N3OS2. The highest BCUT2D eigenvalue weighted by atomic mass is 32.2. The number of carbonyl (C=O) groups is 1. The Labute approximate surface area is 197 Å². The number of aryl methyl sites for hydroxylation is 1. The third-order valence-electron chi connectivity index (χ3n) is 5.42. The Kier molecular flexibility index (Phi) is 5.81. The van der Waals surface area contributed by atoms with Crippen LogP contribution in [0.15, 0.2) is 98.7 Å². The SMILES string of the molecule is CCN1/C(=C2/SC(=Nc3ccc(C)cc3)N(Cc3ccccc3)C2=O)Sc2ccccc21. The van der Waals surface area contributed by atoms with Crippen molar-refractivity contribution >= 4 is 46.0 Å². The minimum absolute atomic E-state index is 0.0125. The average molecular weight is 458 g/mol. The van der Waals surface area contributed by atoms with Crippen molar-refractivity contribution in [3.8, 4) is 0 Å².